The van der Waals surface area contributed by atoms with Gasteiger partial charge < -0.3 is 9.22 Å². The van der Waals surface area contributed by atoms with Gasteiger partial charge in [-0.15, -0.1) is 0 Å². The molecule has 0 heterocycles. The zero-order valence-corrected chi connectivity index (χ0v) is 12.6. The minimum atomic E-state index is 0.901. The number of unbranched alkanes of at least 4 members (excludes halogenated alkanes) is 5. The first kappa shape index (κ1) is 16.9. The summed E-state index contributed by atoms with van der Waals surface area (Å²) in [6.45, 7) is 14.5. The van der Waals surface area contributed by atoms with Gasteiger partial charge in [0, 0.05) is 0 Å². The van der Waals surface area contributed by atoms with E-state index in [2.05, 4.69) is 27.7 Å². The highest BCUT2D eigenvalue weighted by atomic mass is 16.5. The second kappa shape index (κ2) is 11.0. The van der Waals surface area contributed by atoms with E-state index in [-0.39, 0.29) is 0 Å². The van der Waals surface area contributed by atoms with Crippen LogP contribution in [0.15, 0.2) is 0 Å². The molecule has 0 aromatic carbocycles. The molecule has 0 saturated carbocycles. The standard InChI is InChI=1S/C15H34NO/c1-5-9-10-11-12-13-14-17-15-16(6-2,7-3)8-4/h5-15H2,1-4H3/q+1. The van der Waals surface area contributed by atoms with Crippen LogP contribution < -0.4 is 0 Å². The van der Waals surface area contributed by atoms with E-state index in [0.717, 1.165) is 17.8 Å². The fourth-order valence-electron chi connectivity index (χ4n) is 2.19. The third-order valence-electron chi connectivity index (χ3n) is 4.02. The van der Waals surface area contributed by atoms with Crippen LogP contribution in [0.2, 0.25) is 0 Å². The number of hydrogen-bond donors (Lipinski definition) is 0. The van der Waals surface area contributed by atoms with Crippen LogP contribution in [0.3, 0.4) is 0 Å². The Morgan fingerprint density at radius 2 is 1.24 bits per heavy atom. The summed E-state index contributed by atoms with van der Waals surface area (Å²) in [4.78, 5) is 0. The van der Waals surface area contributed by atoms with Gasteiger partial charge in [0.05, 0.1) is 26.2 Å². The molecule has 0 aliphatic carbocycles. The van der Waals surface area contributed by atoms with Crippen molar-refractivity contribution < 1.29 is 9.22 Å². The molecule has 0 spiro atoms. The van der Waals surface area contributed by atoms with Crippen LogP contribution in [0.1, 0.15) is 66.2 Å². The third kappa shape index (κ3) is 7.77. The molecule has 0 unspecified atom stereocenters. The number of hydrogen-bond acceptors (Lipinski definition) is 1. The molecular formula is C15H34NO+. The SMILES string of the molecule is CCCCCCCCOC[N+](CC)(CC)CC. The molecule has 0 atom stereocenters. The Kier molecular flexibility index (Phi) is 11.0. The molecular weight excluding hydrogens is 210 g/mol. The smallest absolute Gasteiger partial charge is 0.183 e. The van der Waals surface area contributed by atoms with Crippen molar-refractivity contribution in [2.24, 2.45) is 0 Å². The van der Waals surface area contributed by atoms with Crippen LogP contribution in [0, 0.1) is 0 Å². The van der Waals surface area contributed by atoms with Gasteiger partial charge in [0.1, 0.15) is 0 Å². The summed E-state index contributed by atoms with van der Waals surface area (Å²) in [5.41, 5.74) is 0. The summed E-state index contributed by atoms with van der Waals surface area (Å²) in [5.74, 6) is 0. The Balaban J connectivity index is 3.43. The van der Waals surface area contributed by atoms with Crippen molar-refractivity contribution in [3.63, 3.8) is 0 Å². The monoisotopic (exact) mass is 244 g/mol. The normalized spacial score (nSPS) is 12.0. The Bertz CT molecular complexity index is 147. The average Bonchev–Trinajstić information content (AvgIpc) is 2.38. The van der Waals surface area contributed by atoms with Crippen LogP contribution in [0.25, 0.3) is 0 Å². The number of quaternary nitrogens is 1. The molecule has 0 rings (SSSR count). The molecule has 0 aliphatic rings. The minimum Gasteiger partial charge on any atom is -0.332 e. The highest BCUT2D eigenvalue weighted by Gasteiger charge is 2.20. The lowest BCUT2D eigenvalue weighted by Gasteiger charge is -2.35. The lowest BCUT2D eigenvalue weighted by Crippen LogP contribution is -2.49. The van der Waals surface area contributed by atoms with E-state index >= 15 is 0 Å². The summed E-state index contributed by atoms with van der Waals surface area (Å²) in [6, 6.07) is 0. The van der Waals surface area contributed by atoms with Crippen molar-refractivity contribution in [3.8, 4) is 0 Å². The van der Waals surface area contributed by atoms with Crippen molar-refractivity contribution in [2.75, 3.05) is 33.0 Å². The fraction of sp³-hybridized carbons (Fsp3) is 1.00. The summed E-state index contributed by atoms with van der Waals surface area (Å²) in [7, 11) is 0. The number of nitrogens with zero attached hydrogens (tertiary/aromatic N) is 1. The Morgan fingerprint density at radius 3 is 1.76 bits per heavy atom. The van der Waals surface area contributed by atoms with Gasteiger partial charge in [-0.25, -0.2) is 0 Å². The maximum Gasteiger partial charge on any atom is 0.183 e. The third-order valence-corrected chi connectivity index (χ3v) is 4.02. The summed E-state index contributed by atoms with van der Waals surface area (Å²) < 4.78 is 6.96. The molecule has 0 bridgehead atoms. The van der Waals surface area contributed by atoms with Crippen LogP contribution in [0.4, 0.5) is 0 Å². The van der Waals surface area contributed by atoms with Crippen molar-refractivity contribution in [3.05, 3.63) is 0 Å². The van der Waals surface area contributed by atoms with Crippen LogP contribution in [-0.2, 0) is 4.74 Å². The molecule has 0 amide bonds. The summed E-state index contributed by atoms with van der Waals surface area (Å²) in [6.07, 6.45) is 8.08. The fourth-order valence-corrected chi connectivity index (χ4v) is 2.19. The topological polar surface area (TPSA) is 9.23 Å². The van der Waals surface area contributed by atoms with Crippen molar-refractivity contribution in [1.29, 1.82) is 0 Å². The maximum atomic E-state index is 5.85. The largest absolute Gasteiger partial charge is 0.332 e. The Hall–Kier alpha value is -0.0800. The van der Waals surface area contributed by atoms with Crippen molar-refractivity contribution in [1.82, 2.24) is 0 Å². The number of ether oxygens (including phenoxy) is 1. The Morgan fingerprint density at radius 1 is 0.706 bits per heavy atom. The lowest BCUT2D eigenvalue weighted by atomic mass is 10.1. The van der Waals surface area contributed by atoms with Crippen molar-refractivity contribution in [2.45, 2.75) is 66.2 Å². The quantitative estimate of drug-likeness (QED) is 0.284. The molecule has 0 aromatic rings. The first-order valence-electron chi connectivity index (χ1n) is 7.67. The van der Waals surface area contributed by atoms with E-state index in [1.807, 2.05) is 0 Å². The van der Waals surface area contributed by atoms with Gasteiger partial charge in [0.15, 0.2) is 6.73 Å². The molecule has 17 heavy (non-hydrogen) atoms. The Labute approximate surface area is 109 Å². The van der Waals surface area contributed by atoms with Gasteiger partial charge in [0.2, 0.25) is 0 Å². The highest BCUT2D eigenvalue weighted by molar-refractivity contribution is 4.43. The van der Waals surface area contributed by atoms with Gasteiger partial charge in [-0.2, -0.15) is 0 Å². The molecule has 0 radical (unpaired) electrons. The van der Waals surface area contributed by atoms with Gasteiger partial charge in [-0.05, 0) is 27.2 Å². The summed E-state index contributed by atoms with van der Waals surface area (Å²) >= 11 is 0. The van der Waals surface area contributed by atoms with Gasteiger partial charge in [-0.1, -0.05) is 39.0 Å². The predicted octanol–water partition coefficient (Wildman–Crippen LogP) is 4.20. The van der Waals surface area contributed by atoms with Crippen LogP contribution in [-0.4, -0.2) is 37.5 Å². The molecule has 0 aromatic heterocycles. The van der Waals surface area contributed by atoms with Gasteiger partial charge >= 0.3 is 0 Å². The zero-order chi connectivity index (χ0) is 13.0. The zero-order valence-electron chi connectivity index (χ0n) is 12.6. The van der Waals surface area contributed by atoms with E-state index in [0.29, 0.717) is 0 Å². The molecule has 0 saturated heterocycles. The lowest BCUT2D eigenvalue weighted by molar-refractivity contribution is -0.941. The summed E-state index contributed by atoms with van der Waals surface area (Å²) in [5, 5.41) is 0. The molecule has 104 valence electrons. The second-order valence-corrected chi connectivity index (χ2v) is 5.10. The van der Waals surface area contributed by atoms with Gasteiger partial charge in [0.25, 0.3) is 0 Å². The van der Waals surface area contributed by atoms with Gasteiger partial charge in [-0.3, -0.25) is 0 Å². The van der Waals surface area contributed by atoms with Crippen molar-refractivity contribution >= 4 is 0 Å². The van der Waals surface area contributed by atoms with E-state index in [4.69, 9.17) is 4.74 Å². The predicted molar refractivity (Wildman–Crippen MR) is 76.1 cm³/mol. The molecule has 0 N–H and O–H groups in total. The van der Waals surface area contributed by atoms with Crippen LogP contribution in [0.5, 0.6) is 0 Å². The second-order valence-electron chi connectivity index (χ2n) is 5.10. The molecule has 2 heteroatoms. The van der Waals surface area contributed by atoms with E-state index in [9.17, 15) is 0 Å². The minimum absolute atomic E-state index is 0.901. The first-order chi connectivity index (χ1) is 8.24. The molecule has 2 nitrogen and oxygen atoms in total. The number of rotatable bonds is 12. The van der Waals surface area contributed by atoms with E-state index in [1.165, 1.54) is 58.2 Å². The highest BCUT2D eigenvalue weighted by Crippen LogP contribution is 2.08. The van der Waals surface area contributed by atoms with E-state index < -0.39 is 0 Å². The average molecular weight is 244 g/mol. The van der Waals surface area contributed by atoms with E-state index in [1.54, 1.807) is 0 Å². The first-order valence-corrected chi connectivity index (χ1v) is 7.67. The van der Waals surface area contributed by atoms with Crippen LogP contribution >= 0.6 is 0 Å². The molecule has 0 fully saturated rings. The maximum absolute atomic E-state index is 5.85. The molecule has 0 aliphatic heterocycles.